The number of anilines is 1. The first kappa shape index (κ1) is 12.2. The van der Waals surface area contributed by atoms with Gasteiger partial charge in [-0.05, 0) is 31.8 Å². The highest BCUT2D eigenvalue weighted by Crippen LogP contribution is 2.22. The molecule has 1 saturated heterocycles. The number of nitrogens with zero attached hydrogens (tertiary/aromatic N) is 2. The molecule has 1 aliphatic heterocycles. The second-order valence-corrected chi connectivity index (χ2v) is 4.18. The lowest BCUT2D eigenvalue weighted by molar-refractivity contribution is 0.146. The molecular formula is C11H16F2N4. The molecule has 1 unspecified atom stereocenters. The van der Waals surface area contributed by atoms with E-state index in [1.54, 1.807) is 0 Å². The second kappa shape index (κ2) is 5.86. The normalized spacial score (nSPS) is 20.5. The topological polar surface area (TPSA) is 49.8 Å². The van der Waals surface area contributed by atoms with Crippen molar-refractivity contribution in [1.29, 1.82) is 0 Å². The summed E-state index contributed by atoms with van der Waals surface area (Å²) in [7, 11) is 0. The maximum Gasteiger partial charge on any atom is 0.283 e. The zero-order chi connectivity index (χ0) is 12.1. The summed E-state index contributed by atoms with van der Waals surface area (Å²) in [4.78, 5) is 7.56. The minimum atomic E-state index is -2.59. The summed E-state index contributed by atoms with van der Waals surface area (Å²) in [5, 5.41) is 6.25. The summed E-state index contributed by atoms with van der Waals surface area (Å²) in [5.74, 6) is 0.671. The van der Waals surface area contributed by atoms with Crippen molar-refractivity contribution in [2.45, 2.75) is 19.3 Å². The SMILES string of the molecule is FC(F)c1nccnc1NCC1CCCNC1. The predicted molar refractivity (Wildman–Crippen MR) is 61.1 cm³/mol. The molecule has 1 atom stereocenters. The summed E-state index contributed by atoms with van der Waals surface area (Å²) in [5.41, 5.74) is -0.267. The van der Waals surface area contributed by atoms with Crippen molar-refractivity contribution in [3.63, 3.8) is 0 Å². The molecular weight excluding hydrogens is 226 g/mol. The standard InChI is InChI=1S/C11H16F2N4/c12-10(13)9-11(16-5-4-15-9)17-7-8-2-1-3-14-6-8/h4-5,8,10,14H,1-3,6-7H2,(H,16,17). The van der Waals surface area contributed by atoms with Crippen molar-refractivity contribution in [3.8, 4) is 0 Å². The van der Waals surface area contributed by atoms with Gasteiger partial charge in [0.2, 0.25) is 0 Å². The highest BCUT2D eigenvalue weighted by atomic mass is 19.3. The van der Waals surface area contributed by atoms with E-state index in [1.807, 2.05) is 0 Å². The minimum Gasteiger partial charge on any atom is -0.368 e. The molecule has 0 aliphatic carbocycles. The molecule has 6 heteroatoms. The van der Waals surface area contributed by atoms with Gasteiger partial charge in [0.15, 0.2) is 5.82 Å². The molecule has 1 aromatic heterocycles. The Morgan fingerprint density at radius 2 is 2.24 bits per heavy atom. The second-order valence-electron chi connectivity index (χ2n) is 4.18. The Kier molecular flexibility index (Phi) is 4.19. The van der Waals surface area contributed by atoms with Gasteiger partial charge in [0.05, 0.1) is 0 Å². The fourth-order valence-corrected chi connectivity index (χ4v) is 1.98. The highest BCUT2D eigenvalue weighted by molar-refractivity contribution is 5.40. The van der Waals surface area contributed by atoms with Gasteiger partial charge in [0.1, 0.15) is 5.69 Å². The maximum absolute atomic E-state index is 12.6. The van der Waals surface area contributed by atoms with Crippen LogP contribution in [0, 0.1) is 5.92 Å². The first-order valence-corrected chi connectivity index (χ1v) is 5.81. The van der Waals surface area contributed by atoms with E-state index < -0.39 is 6.43 Å². The summed E-state index contributed by atoms with van der Waals surface area (Å²) >= 11 is 0. The van der Waals surface area contributed by atoms with Crippen LogP contribution < -0.4 is 10.6 Å². The summed E-state index contributed by atoms with van der Waals surface area (Å²) in [6.07, 6.45) is 2.37. The molecule has 2 rings (SSSR count). The molecule has 17 heavy (non-hydrogen) atoms. The number of hydrogen-bond acceptors (Lipinski definition) is 4. The van der Waals surface area contributed by atoms with E-state index in [0.717, 1.165) is 25.9 Å². The third-order valence-electron chi connectivity index (χ3n) is 2.89. The number of halogens is 2. The van der Waals surface area contributed by atoms with Gasteiger partial charge in [-0.2, -0.15) is 0 Å². The molecule has 2 heterocycles. The molecule has 0 saturated carbocycles. The van der Waals surface area contributed by atoms with Crippen LogP contribution in [0.3, 0.4) is 0 Å². The molecule has 94 valence electrons. The molecule has 0 aromatic carbocycles. The van der Waals surface area contributed by atoms with E-state index in [0.29, 0.717) is 12.5 Å². The van der Waals surface area contributed by atoms with Crippen molar-refractivity contribution in [2.24, 2.45) is 5.92 Å². The predicted octanol–water partition coefficient (Wildman–Crippen LogP) is 1.83. The highest BCUT2D eigenvalue weighted by Gasteiger charge is 2.17. The van der Waals surface area contributed by atoms with Crippen LogP contribution in [0.2, 0.25) is 0 Å². The van der Waals surface area contributed by atoms with Crippen LogP contribution >= 0.6 is 0 Å². The maximum atomic E-state index is 12.6. The number of rotatable bonds is 4. The van der Waals surface area contributed by atoms with Gasteiger partial charge in [-0.3, -0.25) is 0 Å². The largest absolute Gasteiger partial charge is 0.368 e. The van der Waals surface area contributed by atoms with Gasteiger partial charge >= 0.3 is 0 Å². The van der Waals surface area contributed by atoms with Gasteiger partial charge < -0.3 is 10.6 Å². The summed E-state index contributed by atoms with van der Waals surface area (Å²) in [6, 6.07) is 0. The van der Waals surface area contributed by atoms with Crippen LogP contribution in [0.1, 0.15) is 25.0 Å². The summed E-state index contributed by atoms with van der Waals surface area (Å²) in [6.45, 7) is 2.63. The van der Waals surface area contributed by atoms with E-state index in [9.17, 15) is 8.78 Å². The van der Waals surface area contributed by atoms with Crippen LogP contribution in [0.25, 0.3) is 0 Å². The Morgan fingerprint density at radius 3 is 2.94 bits per heavy atom. The Balaban J connectivity index is 1.93. The molecule has 0 radical (unpaired) electrons. The molecule has 1 aliphatic rings. The molecule has 0 bridgehead atoms. The van der Waals surface area contributed by atoms with Gasteiger partial charge in [-0.1, -0.05) is 0 Å². The van der Waals surface area contributed by atoms with E-state index in [-0.39, 0.29) is 11.5 Å². The van der Waals surface area contributed by atoms with Crippen LogP contribution in [0.15, 0.2) is 12.4 Å². The number of alkyl halides is 2. The minimum absolute atomic E-state index is 0.202. The Morgan fingerprint density at radius 1 is 1.41 bits per heavy atom. The van der Waals surface area contributed by atoms with E-state index in [1.165, 1.54) is 12.4 Å². The number of piperidine rings is 1. The van der Waals surface area contributed by atoms with Crippen LogP contribution in [0.5, 0.6) is 0 Å². The number of aromatic nitrogens is 2. The average Bonchev–Trinajstić information content (AvgIpc) is 2.38. The number of hydrogen-bond donors (Lipinski definition) is 2. The molecule has 1 fully saturated rings. The third kappa shape index (κ3) is 3.33. The first-order valence-electron chi connectivity index (χ1n) is 5.81. The summed E-state index contributed by atoms with van der Waals surface area (Å²) < 4.78 is 25.3. The van der Waals surface area contributed by atoms with Gasteiger partial charge in [-0.15, -0.1) is 0 Å². The third-order valence-corrected chi connectivity index (χ3v) is 2.89. The average molecular weight is 242 g/mol. The lowest BCUT2D eigenvalue weighted by Gasteiger charge is -2.23. The van der Waals surface area contributed by atoms with Crippen molar-refractivity contribution >= 4 is 5.82 Å². The number of nitrogens with one attached hydrogen (secondary N) is 2. The first-order chi connectivity index (χ1) is 8.27. The molecule has 4 nitrogen and oxygen atoms in total. The van der Waals surface area contributed by atoms with Crippen molar-refractivity contribution in [1.82, 2.24) is 15.3 Å². The van der Waals surface area contributed by atoms with Gasteiger partial charge in [0, 0.05) is 18.9 Å². The molecule has 1 aromatic rings. The van der Waals surface area contributed by atoms with Crippen molar-refractivity contribution in [2.75, 3.05) is 25.0 Å². The molecule has 2 N–H and O–H groups in total. The van der Waals surface area contributed by atoms with E-state index >= 15 is 0 Å². The Bertz CT molecular complexity index is 353. The fraction of sp³-hybridized carbons (Fsp3) is 0.636. The molecule has 0 spiro atoms. The van der Waals surface area contributed by atoms with Crippen molar-refractivity contribution < 1.29 is 8.78 Å². The fourth-order valence-electron chi connectivity index (χ4n) is 1.98. The van der Waals surface area contributed by atoms with E-state index in [4.69, 9.17) is 0 Å². The van der Waals surface area contributed by atoms with Gasteiger partial charge in [-0.25, -0.2) is 18.7 Å². The van der Waals surface area contributed by atoms with Gasteiger partial charge in [0.25, 0.3) is 6.43 Å². The zero-order valence-electron chi connectivity index (χ0n) is 9.50. The lowest BCUT2D eigenvalue weighted by atomic mass is 10.00. The van der Waals surface area contributed by atoms with Crippen LogP contribution in [-0.2, 0) is 0 Å². The monoisotopic (exact) mass is 242 g/mol. The van der Waals surface area contributed by atoms with Crippen LogP contribution in [-0.4, -0.2) is 29.6 Å². The zero-order valence-corrected chi connectivity index (χ0v) is 9.50. The van der Waals surface area contributed by atoms with E-state index in [2.05, 4.69) is 20.6 Å². The molecule has 0 amide bonds. The smallest absolute Gasteiger partial charge is 0.283 e. The Labute approximate surface area is 98.9 Å². The lowest BCUT2D eigenvalue weighted by Crippen LogP contribution is -2.33. The van der Waals surface area contributed by atoms with Crippen molar-refractivity contribution in [3.05, 3.63) is 18.1 Å². The quantitative estimate of drug-likeness (QED) is 0.845. The Hall–Kier alpha value is -1.30. The van der Waals surface area contributed by atoms with Crippen LogP contribution in [0.4, 0.5) is 14.6 Å².